The summed E-state index contributed by atoms with van der Waals surface area (Å²) in [7, 11) is -3.01. The van der Waals surface area contributed by atoms with Gasteiger partial charge in [-0.05, 0) is 22.8 Å². The van der Waals surface area contributed by atoms with E-state index >= 15 is 0 Å². The molecule has 2 heterocycles. The van der Waals surface area contributed by atoms with E-state index in [0.717, 1.165) is 6.42 Å². The van der Waals surface area contributed by atoms with Crippen LogP contribution in [0.4, 0.5) is 0 Å². The van der Waals surface area contributed by atoms with Crippen LogP contribution in [0.25, 0.3) is 0 Å². The minimum Gasteiger partial charge on any atom is -0.350 e. The van der Waals surface area contributed by atoms with Gasteiger partial charge in [-0.1, -0.05) is 20.3 Å². The first-order valence-electron chi connectivity index (χ1n) is 6.66. The molecule has 1 amide bonds. The highest BCUT2D eigenvalue weighted by Crippen LogP contribution is 2.21. The number of amides is 1. The molecule has 112 valence electrons. The van der Waals surface area contributed by atoms with Crippen LogP contribution >= 0.6 is 0 Å². The Balaban J connectivity index is 2.08. The first-order valence-corrected chi connectivity index (χ1v) is 8.48. The van der Waals surface area contributed by atoms with Gasteiger partial charge >= 0.3 is 0 Å². The smallest absolute Gasteiger partial charge is 0.245 e. The van der Waals surface area contributed by atoms with Crippen LogP contribution in [0, 0.1) is 5.92 Å². The number of sulfone groups is 1. The molecule has 0 spiro atoms. The van der Waals surface area contributed by atoms with Gasteiger partial charge in [0.2, 0.25) is 5.91 Å². The van der Waals surface area contributed by atoms with Gasteiger partial charge in [-0.15, -0.1) is 5.10 Å². The normalized spacial score (nSPS) is 24.2. The van der Waals surface area contributed by atoms with Crippen molar-refractivity contribution in [3.05, 3.63) is 6.33 Å². The Morgan fingerprint density at radius 1 is 1.55 bits per heavy atom. The SMILES string of the molecule is CC[C@H](C)[C@@H](C(=O)N[C@H]1CCS(=O)(=O)C1)n1cnnn1. The summed E-state index contributed by atoms with van der Waals surface area (Å²) in [6.45, 7) is 3.92. The van der Waals surface area contributed by atoms with Gasteiger partial charge in [0.15, 0.2) is 9.84 Å². The lowest BCUT2D eigenvalue weighted by Gasteiger charge is -2.23. The molecule has 0 aliphatic carbocycles. The first kappa shape index (κ1) is 14.9. The molecule has 0 radical (unpaired) electrons. The lowest BCUT2D eigenvalue weighted by Crippen LogP contribution is -2.42. The summed E-state index contributed by atoms with van der Waals surface area (Å²) in [5, 5.41) is 13.7. The molecule has 1 aromatic heterocycles. The minimum atomic E-state index is -3.01. The fourth-order valence-electron chi connectivity index (χ4n) is 2.35. The van der Waals surface area contributed by atoms with Crippen LogP contribution in [-0.2, 0) is 14.6 Å². The zero-order valence-corrected chi connectivity index (χ0v) is 12.4. The molecule has 1 saturated heterocycles. The average molecular weight is 301 g/mol. The van der Waals surface area contributed by atoms with Gasteiger partial charge in [-0.25, -0.2) is 13.1 Å². The van der Waals surface area contributed by atoms with Crippen molar-refractivity contribution < 1.29 is 13.2 Å². The van der Waals surface area contributed by atoms with E-state index in [4.69, 9.17) is 0 Å². The maximum atomic E-state index is 12.4. The van der Waals surface area contributed by atoms with Crippen molar-refractivity contribution >= 4 is 15.7 Å². The predicted molar refractivity (Wildman–Crippen MR) is 71.5 cm³/mol. The van der Waals surface area contributed by atoms with Gasteiger partial charge in [0, 0.05) is 6.04 Å². The lowest BCUT2D eigenvalue weighted by molar-refractivity contribution is -0.126. The summed E-state index contributed by atoms with van der Waals surface area (Å²) in [6.07, 6.45) is 2.67. The summed E-state index contributed by atoms with van der Waals surface area (Å²) < 4.78 is 24.3. The molecule has 8 nitrogen and oxygen atoms in total. The van der Waals surface area contributed by atoms with E-state index < -0.39 is 15.9 Å². The molecule has 1 N–H and O–H groups in total. The third-order valence-electron chi connectivity index (χ3n) is 3.68. The molecular weight excluding hydrogens is 282 g/mol. The number of hydrogen-bond acceptors (Lipinski definition) is 6. The minimum absolute atomic E-state index is 0.0154. The van der Waals surface area contributed by atoms with Crippen LogP contribution in [0.3, 0.4) is 0 Å². The van der Waals surface area contributed by atoms with Crippen LogP contribution in [0.1, 0.15) is 32.7 Å². The monoisotopic (exact) mass is 301 g/mol. The second-order valence-electron chi connectivity index (χ2n) is 5.23. The van der Waals surface area contributed by atoms with Crippen molar-refractivity contribution in [3.63, 3.8) is 0 Å². The standard InChI is InChI=1S/C11H19N5O3S/c1-3-8(2)10(16-7-12-14-15-16)11(17)13-9-4-5-20(18,19)6-9/h7-10H,3-6H2,1-2H3,(H,13,17)/t8-,9-,10-/m0/s1. The molecule has 9 heteroatoms. The molecule has 1 aliphatic rings. The third-order valence-corrected chi connectivity index (χ3v) is 5.45. The van der Waals surface area contributed by atoms with Crippen LogP contribution in [0.15, 0.2) is 6.33 Å². The van der Waals surface area contributed by atoms with Crippen molar-refractivity contribution in [3.8, 4) is 0 Å². The fraction of sp³-hybridized carbons (Fsp3) is 0.818. The fourth-order valence-corrected chi connectivity index (χ4v) is 4.03. The van der Waals surface area contributed by atoms with E-state index in [1.165, 1.54) is 11.0 Å². The number of carbonyl (C=O) groups excluding carboxylic acids is 1. The Hall–Kier alpha value is -1.51. The largest absolute Gasteiger partial charge is 0.350 e. The number of aromatic nitrogens is 4. The van der Waals surface area contributed by atoms with E-state index in [1.807, 2.05) is 13.8 Å². The molecule has 0 unspecified atom stereocenters. The van der Waals surface area contributed by atoms with Crippen LogP contribution in [-0.4, -0.2) is 52.1 Å². The molecule has 1 aliphatic heterocycles. The van der Waals surface area contributed by atoms with Crippen LogP contribution in [0.5, 0.6) is 0 Å². The van der Waals surface area contributed by atoms with Crippen molar-refractivity contribution in [2.75, 3.05) is 11.5 Å². The molecule has 0 saturated carbocycles. The lowest BCUT2D eigenvalue weighted by atomic mass is 9.98. The van der Waals surface area contributed by atoms with Crippen molar-refractivity contribution in [1.29, 1.82) is 0 Å². The Labute approximate surface area is 117 Å². The maximum Gasteiger partial charge on any atom is 0.245 e. The highest BCUT2D eigenvalue weighted by Gasteiger charge is 2.33. The average Bonchev–Trinajstić information content (AvgIpc) is 2.99. The Morgan fingerprint density at radius 2 is 2.30 bits per heavy atom. The zero-order chi connectivity index (χ0) is 14.8. The molecule has 0 aromatic carbocycles. The Bertz CT molecular complexity index is 557. The van der Waals surface area contributed by atoms with Gasteiger partial charge in [-0.2, -0.15) is 0 Å². The van der Waals surface area contributed by atoms with Crippen LogP contribution < -0.4 is 5.32 Å². The molecule has 3 atom stereocenters. The summed E-state index contributed by atoms with van der Waals surface area (Å²) in [5.74, 6) is -0.0245. The highest BCUT2D eigenvalue weighted by molar-refractivity contribution is 7.91. The first-order chi connectivity index (χ1) is 9.43. The van der Waals surface area contributed by atoms with E-state index in [9.17, 15) is 13.2 Å². The zero-order valence-electron chi connectivity index (χ0n) is 11.6. The molecule has 0 bridgehead atoms. The molecule has 1 aromatic rings. The number of hydrogen-bond donors (Lipinski definition) is 1. The number of rotatable bonds is 5. The Morgan fingerprint density at radius 3 is 2.80 bits per heavy atom. The molecule has 1 fully saturated rings. The van der Waals surface area contributed by atoms with E-state index in [0.29, 0.717) is 6.42 Å². The molecular formula is C11H19N5O3S. The maximum absolute atomic E-state index is 12.4. The number of carbonyl (C=O) groups is 1. The van der Waals surface area contributed by atoms with Gasteiger partial charge in [0.05, 0.1) is 11.5 Å². The summed E-state index contributed by atoms with van der Waals surface area (Å²) in [4.78, 5) is 12.4. The van der Waals surface area contributed by atoms with Gasteiger partial charge < -0.3 is 5.32 Å². The topological polar surface area (TPSA) is 107 Å². The van der Waals surface area contributed by atoms with Gasteiger partial charge in [0.1, 0.15) is 12.4 Å². The van der Waals surface area contributed by atoms with E-state index in [-0.39, 0.29) is 29.4 Å². The van der Waals surface area contributed by atoms with E-state index in [1.54, 1.807) is 0 Å². The summed E-state index contributed by atoms with van der Waals surface area (Å²) in [6, 6.07) is -0.825. The summed E-state index contributed by atoms with van der Waals surface area (Å²) >= 11 is 0. The molecule has 2 rings (SSSR count). The highest BCUT2D eigenvalue weighted by atomic mass is 32.2. The van der Waals surface area contributed by atoms with Crippen molar-refractivity contribution in [2.45, 2.75) is 38.8 Å². The number of tetrazole rings is 1. The number of nitrogens with zero attached hydrogens (tertiary/aromatic N) is 4. The number of nitrogens with one attached hydrogen (secondary N) is 1. The van der Waals surface area contributed by atoms with E-state index in [2.05, 4.69) is 20.8 Å². The second kappa shape index (κ2) is 5.86. The molecule has 20 heavy (non-hydrogen) atoms. The third kappa shape index (κ3) is 3.33. The van der Waals surface area contributed by atoms with Crippen molar-refractivity contribution in [1.82, 2.24) is 25.5 Å². The Kier molecular flexibility index (Phi) is 4.36. The van der Waals surface area contributed by atoms with Gasteiger partial charge in [0.25, 0.3) is 0 Å². The van der Waals surface area contributed by atoms with Crippen LogP contribution in [0.2, 0.25) is 0 Å². The predicted octanol–water partition coefficient (Wildman–Crippen LogP) is -0.436. The quantitative estimate of drug-likeness (QED) is 0.790. The summed E-state index contributed by atoms with van der Waals surface area (Å²) in [5.41, 5.74) is 0. The second-order valence-corrected chi connectivity index (χ2v) is 7.46. The van der Waals surface area contributed by atoms with Gasteiger partial charge in [-0.3, -0.25) is 4.79 Å². The van der Waals surface area contributed by atoms with Crippen molar-refractivity contribution in [2.24, 2.45) is 5.92 Å².